The zero-order valence-corrected chi connectivity index (χ0v) is 56.6. The summed E-state index contributed by atoms with van der Waals surface area (Å²) in [5.74, 6) is 2.36. The number of morpholine rings is 1. The molecular weight excluding hydrogens is 1390 g/mol. The molecule has 1 aliphatic heterocycles. The van der Waals surface area contributed by atoms with Gasteiger partial charge < -0.3 is 46.9 Å². The topological polar surface area (TPSA) is 295 Å². The van der Waals surface area contributed by atoms with E-state index in [1.54, 1.807) is 54.1 Å². The number of benzene rings is 6. The number of alkyl halides is 6. The number of H-pyrrole nitrogens is 3. The summed E-state index contributed by atoms with van der Waals surface area (Å²) in [5.41, 5.74) is 8.74. The molecule has 6 aromatic carbocycles. The van der Waals surface area contributed by atoms with Crippen molar-refractivity contribution in [1.82, 2.24) is 70.3 Å². The molecule has 24 nitrogen and oxygen atoms in total. The molecule has 11 heterocycles. The molecule has 2 atom stereocenters. The van der Waals surface area contributed by atoms with Crippen LogP contribution in [0.5, 0.6) is 0 Å². The van der Waals surface area contributed by atoms with Crippen LogP contribution in [0.2, 0.25) is 0 Å². The highest BCUT2D eigenvalue weighted by molar-refractivity contribution is 7.18. The minimum atomic E-state index is -4.66. The number of carbonyl (C=O) groups excluding carboxylic acids is 1. The smallest absolute Gasteiger partial charge is 0.372 e. The number of ether oxygens (including phenoxy) is 1. The molecule has 103 heavy (non-hydrogen) atoms. The minimum Gasteiger partial charge on any atom is -0.372 e. The highest BCUT2D eigenvalue weighted by Gasteiger charge is 2.36. The number of nitrogens with zero attached hydrogens (tertiary/aromatic N) is 12. The van der Waals surface area contributed by atoms with Gasteiger partial charge in [0.1, 0.15) is 5.69 Å². The van der Waals surface area contributed by atoms with Crippen LogP contribution in [0.3, 0.4) is 0 Å². The fraction of sp³-hybridized carbons (Fsp3) is 0.129. The first kappa shape index (κ1) is 66.5. The monoisotopic (exact) mass is 1450 g/mol. The molecule has 16 aromatic rings. The maximum absolute atomic E-state index is 13.6. The molecule has 10 N–H and O–H groups in total. The van der Waals surface area contributed by atoms with Crippen molar-refractivity contribution in [3.05, 3.63) is 198 Å². The van der Waals surface area contributed by atoms with Gasteiger partial charge in [-0.25, -0.2) is 19.6 Å². The Kier molecular flexibility index (Phi) is 18.1. The maximum Gasteiger partial charge on any atom is 0.433 e. The average molecular weight is 1450 g/mol. The number of amides is 1. The van der Waals surface area contributed by atoms with Gasteiger partial charge in [0.2, 0.25) is 23.8 Å². The van der Waals surface area contributed by atoms with E-state index in [1.807, 2.05) is 83.0 Å². The first-order valence-electron chi connectivity index (χ1n) is 31.7. The second-order valence-corrected chi connectivity index (χ2v) is 26.4. The lowest BCUT2D eigenvalue weighted by Gasteiger charge is -2.36. The highest BCUT2D eigenvalue weighted by Crippen LogP contribution is 2.40. The van der Waals surface area contributed by atoms with Crippen LogP contribution in [-0.2, 0) is 21.9 Å². The first-order chi connectivity index (χ1) is 49.8. The molecule has 0 saturated carbocycles. The number of carbonyl (C=O) groups is 1. The third-order valence-corrected chi connectivity index (χ3v) is 18.9. The molecule has 33 heteroatoms. The lowest BCUT2D eigenvalue weighted by atomic mass is 10.1. The lowest BCUT2D eigenvalue weighted by molar-refractivity contribution is -0.143. The van der Waals surface area contributed by atoms with Gasteiger partial charge in [-0.2, -0.15) is 61.7 Å². The number of hydrogen-bond acceptors (Lipinski definition) is 22. The predicted octanol–water partition coefficient (Wildman–Crippen LogP) is 18.0. The van der Waals surface area contributed by atoms with Crippen LogP contribution in [0.4, 0.5) is 107 Å². The summed E-state index contributed by atoms with van der Waals surface area (Å²) in [5, 5.41) is 55.1. The van der Waals surface area contributed by atoms with Crippen molar-refractivity contribution in [2.24, 2.45) is 0 Å². The van der Waals surface area contributed by atoms with E-state index in [1.165, 1.54) is 40.5 Å². The van der Waals surface area contributed by atoms with Gasteiger partial charge >= 0.3 is 12.4 Å². The molecule has 10 aromatic heterocycles. The quantitative estimate of drug-likeness (QED) is 0.0427. The Morgan fingerprint density at radius 3 is 1.29 bits per heavy atom. The molecule has 1 fully saturated rings. The van der Waals surface area contributed by atoms with Gasteiger partial charge in [-0.3, -0.25) is 20.1 Å². The molecule has 0 spiro atoms. The third kappa shape index (κ3) is 15.1. The van der Waals surface area contributed by atoms with E-state index in [4.69, 9.17) is 14.7 Å². The summed E-state index contributed by atoms with van der Waals surface area (Å²) in [7, 11) is 0. The average Bonchev–Trinajstić information content (AvgIpc) is 1.79. The number of anilines is 14. The van der Waals surface area contributed by atoms with Crippen LogP contribution in [0.15, 0.2) is 187 Å². The Bertz CT molecular complexity index is 5720. The second-order valence-electron chi connectivity index (χ2n) is 23.7. The normalized spacial score (nSPS) is 14.0. The van der Waals surface area contributed by atoms with E-state index in [2.05, 4.69) is 142 Å². The lowest BCUT2D eigenvalue weighted by Crippen LogP contribution is -2.45. The molecule has 1 saturated heterocycles. The van der Waals surface area contributed by atoms with Crippen LogP contribution in [0, 0.1) is 0 Å². The van der Waals surface area contributed by atoms with Gasteiger partial charge in [-0.15, -0.1) is 34.0 Å². The van der Waals surface area contributed by atoms with E-state index in [0.29, 0.717) is 40.4 Å². The molecule has 17 rings (SSSR count). The molecule has 0 bridgehead atoms. The SMILES string of the molecule is CC(=O)Nc1ccc(Nc2nc(Nc3ccc4[nH]ncc4c3)c3sccc3n2)cc1C(F)(F)F.CC1CN(c2ccc(Nc3nc(Nc4ccc5[nH]ncc5c4)c4sccc4n3)cc2)CC(C)O1.FC(F)(F)c1ccnn1-c1ccc(Nc2nc(Nc3ccc4[nH]ncc4c3)c3sccc3n2)cc1. The van der Waals surface area contributed by atoms with Crippen molar-refractivity contribution in [2.75, 3.05) is 55.2 Å². The molecular formula is C70H56F6N22O2S3. The number of hydrogen-bond donors (Lipinski definition) is 10. The summed E-state index contributed by atoms with van der Waals surface area (Å²) < 4.78 is 89.7. The van der Waals surface area contributed by atoms with Crippen LogP contribution in [0.25, 0.3) is 69.0 Å². The van der Waals surface area contributed by atoms with E-state index in [-0.39, 0.29) is 29.5 Å². The Hall–Kier alpha value is -12.3. The number of thiophene rings is 3. The van der Waals surface area contributed by atoms with Gasteiger partial charge in [-0.1, -0.05) is 0 Å². The molecule has 1 amide bonds. The maximum atomic E-state index is 13.6. The zero-order chi connectivity index (χ0) is 70.9. The predicted molar refractivity (Wildman–Crippen MR) is 393 cm³/mol. The van der Waals surface area contributed by atoms with Gasteiger partial charge in [0.25, 0.3) is 0 Å². The summed E-state index contributed by atoms with van der Waals surface area (Å²) in [6.45, 7) is 7.18. The third-order valence-electron chi connectivity index (χ3n) is 16.1. The van der Waals surface area contributed by atoms with Crippen molar-refractivity contribution < 1.29 is 35.9 Å². The first-order valence-corrected chi connectivity index (χ1v) is 34.3. The number of halogens is 6. The summed E-state index contributed by atoms with van der Waals surface area (Å²) in [6, 6.07) is 42.5. The largest absolute Gasteiger partial charge is 0.433 e. The van der Waals surface area contributed by atoms with Gasteiger partial charge in [0, 0.05) is 76.0 Å². The molecule has 1 aliphatic rings. The summed E-state index contributed by atoms with van der Waals surface area (Å²) in [4.78, 5) is 41.3. The van der Waals surface area contributed by atoms with E-state index < -0.39 is 29.5 Å². The molecule has 2 unspecified atom stereocenters. The van der Waals surface area contributed by atoms with Gasteiger partial charge in [0.15, 0.2) is 17.5 Å². The number of aromatic nitrogens is 14. The summed E-state index contributed by atoms with van der Waals surface area (Å²) in [6.07, 6.45) is -2.31. The van der Waals surface area contributed by atoms with Crippen LogP contribution in [-0.4, -0.2) is 101 Å². The Morgan fingerprint density at radius 2 is 0.874 bits per heavy atom. The number of nitrogens with one attached hydrogen (secondary N) is 10. The van der Waals surface area contributed by atoms with E-state index >= 15 is 0 Å². The fourth-order valence-electron chi connectivity index (χ4n) is 11.6. The van der Waals surface area contributed by atoms with Crippen LogP contribution < -0.4 is 42.1 Å². The molecule has 0 radical (unpaired) electrons. The highest BCUT2D eigenvalue weighted by atomic mass is 32.1. The second kappa shape index (κ2) is 28.0. The number of fused-ring (bicyclic) bond motifs is 6. The molecule has 0 aliphatic carbocycles. The van der Waals surface area contributed by atoms with Crippen LogP contribution >= 0.6 is 34.0 Å². The van der Waals surface area contributed by atoms with E-state index in [9.17, 15) is 31.1 Å². The zero-order valence-electron chi connectivity index (χ0n) is 54.1. The number of rotatable bonds is 15. The standard InChI is InChI=1S/C25H25N7OS.C23H15F3N8S.C22H16F3N7OS/c1-15-13-32(14-16(2)33-15)20-6-3-18(4-7-20)28-25-29-22-9-10-34-23(22)24(30-25)27-19-5-8-21-17(11-19)12-26-31-21;24-23(25,26)19-7-9-28-34(19)16-4-1-14(2-5-16)30-22-31-18-8-10-35-20(18)21(32-22)29-15-3-6-17-13(11-15)12-27-33-17;1-11(33)27-17-5-3-14(9-15(17)22(23,24)25)29-21-30-18-6-7-34-19(18)20(31-21)28-13-2-4-16-12(8-13)10-26-32-16/h3-12,15-16H,13-14H2,1-2H3,(H,26,31)(H2,27,28,29,30);1-12H,(H,27,33)(H2,29,30,31,32);2-10H,1H3,(H,26,32)(H,27,33)(H2,28,29,30,31). The van der Waals surface area contributed by atoms with Crippen molar-refractivity contribution in [3.63, 3.8) is 0 Å². The van der Waals surface area contributed by atoms with E-state index in [0.717, 1.165) is 129 Å². The fourth-order valence-corrected chi connectivity index (χ4v) is 13.9. The Balaban J connectivity index is 0.000000125. The van der Waals surface area contributed by atoms with Crippen molar-refractivity contribution in [2.45, 2.75) is 45.3 Å². The van der Waals surface area contributed by atoms with Gasteiger partial charge in [-0.05, 0) is 176 Å². The Labute approximate surface area is 591 Å². The van der Waals surface area contributed by atoms with Gasteiger partial charge in [0.05, 0.1) is 101 Å². The molecule has 518 valence electrons. The van der Waals surface area contributed by atoms with Crippen LogP contribution in [0.1, 0.15) is 32.0 Å². The van der Waals surface area contributed by atoms with Crippen molar-refractivity contribution in [3.8, 4) is 5.69 Å². The number of aromatic amines is 3. The summed E-state index contributed by atoms with van der Waals surface area (Å²) >= 11 is 4.59. The Morgan fingerprint density at radius 1 is 0.476 bits per heavy atom. The minimum absolute atomic E-state index is 0.123. The van der Waals surface area contributed by atoms with Crippen molar-refractivity contribution >= 4 is 184 Å². The van der Waals surface area contributed by atoms with Crippen molar-refractivity contribution in [1.29, 1.82) is 0 Å².